The molecule has 136 valence electrons. The Morgan fingerprint density at radius 3 is 2.64 bits per heavy atom. The maximum atomic E-state index is 14.5. The Hall–Kier alpha value is -2.10. The smallest absolute Gasteiger partial charge is 0.258 e. The molecule has 0 bridgehead atoms. The predicted molar refractivity (Wildman–Crippen MR) is 94.1 cm³/mol. The summed E-state index contributed by atoms with van der Waals surface area (Å²) in [7, 11) is 1.75. The van der Waals surface area contributed by atoms with Gasteiger partial charge in [-0.3, -0.25) is 17.9 Å². The van der Waals surface area contributed by atoms with Crippen molar-refractivity contribution in [3.8, 4) is 5.69 Å². The molecule has 0 fully saturated rings. The van der Waals surface area contributed by atoms with Gasteiger partial charge in [-0.25, -0.2) is 9.37 Å². The molecule has 25 heavy (non-hydrogen) atoms. The van der Waals surface area contributed by atoms with Gasteiger partial charge in [0, 0.05) is 35.6 Å². The van der Waals surface area contributed by atoms with Crippen molar-refractivity contribution in [2.45, 2.75) is 20.3 Å². The van der Waals surface area contributed by atoms with Crippen molar-refractivity contribution in [3.63, 3.8) is 0 Å². The highest BCUT2D eigenvalue weighted by Gasteiger charge is 2.15. The third-order valence-corrected chi connectivity index (χ3v) is 4.38. The summed E-state index contributed by atoms with van der Waals surface area (Å²) in [5.74, 6) is -0.298. The van der Waals surface area contributed by atoms with Gasteiger partial charge in [-0.1, -0.05) is 0 Å². The van der Waals surface area contributed by atoms with Gasteiger partial charge in [-0.05, 0) is 46.0 Å². The molecule has 2 rings (SSSR count). The lowest BCUT2D eigenvalue weighted by Crippen LogP contribution is -2.29. The van der Waals surface area contributed by atoms with Gasteiger partial charge in [0.15, 0.2) is 0 Å². The second-order valence-electron chi connectivity index (χ2n) is 5.53. The minimum absolute atomic E-state index is 0.0565. The van der Waals surface area contributed by atoms with Crippen LogP contribution in [0.4, 0.5) is 10.1 Å². The summed E-state index contributed by atoms with van der Waals surface area (Å²) < 4.78 is 39.6. The highest BCUT2D eigenvalue weighted by molar-refractivity contribution is 7.80. The predicted octanol–water partition coefficient (Wildman–Crippen LogP) is 1.20. The molecule has 0 radical (unpaired) electrons. The summed E-state index contributed by atoms with van der Waals surface area (Å²) >= 11 is -2.60. The van der Waals surface area contributed by atoms with Crippen molar-refractivity contribution in [2.75, 3.05) is 24.4 Å². The van der Waals surface area contributed by atoms with Crippen LogP contribution < -0.4 is 15.2 Å². The molecule has 1 aromatic carbocycles. The highest BCUT2D eigenvalue weighted by atomic mass is 32.2. The van der Waals surface area contributed by atoms with Crippen LogP contribution in [0.1, 0.15) is 17.9 Å². The van der Waals surface area contributed by atoms with E-state index in [1.807, 2.05) is 0 Å². The molecule has 0 aliphatic carbocycles. The van der Waals surface area contributed by atoms with Crippen LogP contribution in [0, 0.1) is 19.7 Å². The summed E-state index contributed by atoms with van der Waals surface area (Å²) in [5, 5.41) is 2.91. The van der Waals surface area contributed by atoms with E-state index in [-0.39, 0.29) is 17.8 Å². The second kappa shape index (κ2) is 8.32. The van der Waals surface area contributed by atoms with Crippen LogP contribution in [0.25, 0.3) is 5.69 Å². The van der Waals surface area contributed by atoms with E-state index in [0.29, 0.717) is 30.2 Å². The summed E-state index contributed by atoms with van der Waals surface area (Å²) in [6, 6.07) is 5.35. The average molecular weight is 367 g/mol. The molecule has 1 aromatic heterocycles. The Bertz CT molecular complexity index is 841. The number of rotatable bonds is 7. The molecule has 0 spiro atoms. The number of aryl methyl sites for hydroxylation is 2. The summed E-state index contributed by atoms with van der Waals surface area (Å²) in [6.07, 6.45) is 0.534. The average Bonchev–Trinajstić information content (AvgIpc) is 2.51. The van der Waals surface area contributed by atoms with Crippen LogP contribution in [0.5, 0.6) is 0 Å². The lowest BCUT2D eigenvalue weighted by Gasteiger charge is -2.27. The summed E-state index contributed by atoms with van der Waals surface area (Å²) in [6.45, 7) is 4.11. The lowest BCUT2D eigenvalue weighted by molar-refractivity contribution is 0.528. The van der Waals surface area contributed by atoms with E-state index in [4.69, 9.17) is 0 Å². The van der Waals surface area contributed by atoms with E-state index in [1.165, 1.54) is 22.8 Å². The van der Waals surface area contributed by atoms with Crippen LogP contribution in [-0.2, 0) is 11.3 Å². The van der Waals surface area contributed by atoms with Gasteiger partial charge in [0.2, 0.25) is 0 Å². The molecule has 0 aliphatic rings. The van der Waals surface area contributed by atoms with E-state index >= 15 is 0 Å². The van der Waals surface area contributed by atoms with Gasteiger partial charge in [0.25, 0.3) is 5.56 Å². The Morgan fingerprint density at radius 1 is 1.36 bits per heavy atom. The van der Waals surface area contributed by atoms with Crippen molar-refractivity contribution in [1.82, 2.24) is 14.9 Å². The van der Waals surface area contributed by atoms with E-state index in [2.05, 4.69) is 10.3 Å². The number of nitrogens with zero attached hydrogens (tertiary/aromatic N) is 3. The van der Waals surface area contributed by atoms with Gasteiger partial charge in [0.05, 0.1) is 11.4 Å². The molecule has 9 heteroatoms. The Morgan fingerprint density at radius 2 is 2.08 bits per heavy atom. The van der Waals surface area contributed by atoms with Crippen molar-refractivity contribution < 1.29 is 13.2 Å². The minimum Gasteiger partial charge on any atom is -0.755 e. The molecule has 0 aliphatic heterocycles. The first-order valence-corrected chi connectivity index (χ1v) is 8.77. The quantitative estimate of drug-likeness (QED) is 0.587. The minimum atomic E-state index is -2.60. The van der Waals surface area contributed by atoms with E-state index in [1.54, 1.807) is 20.9 Å². The highest BCUT2D eigenvalue weighted by Crippen LogP contribution is 2.23. The van der Waals surface area contributed by atoms with Crippen molar-refractivity contribution in [1.29, 1.82) is 0 Å². The SMILES string of the molecule is CNCCCN(c1ccc(-n2c(C)nc(C)cc2=O)cc1F)S(=O)[O-]. The number of benzene rings is 1. The van der Waals surface area contributed by atoms with Crippen LogP contribution in [0.15, 0.2) is 29.1 Å². The maximum Gasteiger partial charge on any atom is 0.258 e. The zero-order valence-corrected chi connectivity index (χ0v) is 15.1. The normalized spacial score (nSPS) is 12.2. The van der Waals surface area contributed by atoms with Crippen LogP contribution in [0.3, 0.4) is 0 Å². The fraction of sp³-hybridized carbons (Fsp3) is 0.375. The van der Waals surface area contributed by atoms with Gasteiger partial charge in [-0.2, -0.15) is 0 Å². The number of hydrogen-bond acceptors (Lipinski definition) is 5. The first kappa shape index (κ1) is 19.2. The molecule has 1 unspecified atom stereocenters. The Balaban J connectivity index is 2.40. The molecular weight excluding hydrogens is 347 g/mol. The molecule has 1 N–H and O–H groups in total. The molecule has 0 saturated carbocycles. The van der Waals surface area contributed by atoms with Crippen LogP contribution >= 0.6 is 0 Å². The third-order valence-electron chi connectivity index (χ3n) is 3.64. The monoisotopic (exact) mass is 367 g/mol. The topological polar surface area (TPSA) is 90.3 Å². The molecule has 0 saturated heterocycles. The third kappa shape index (κ3) is 4.50. The number of hydrogen-bond donors (Lipinski definition) is 1. The van der Waals surface area contributed by atoms with Gasteiger partial charge in [-0.15, -0.1) is 0 Å². The lowest BCUT2D eigenvalue weighted by atomic mass is 10.2. The van der Waals surface area contributed by atoms with Crippen molar-refractivity contribution in [2.24, 2.45) is 0 Å². The van der Waals surface area contributed by atoms with Crippen LogP contribution in [-0.4, -0.2) is 38.4 Å². The summed E-state index contributed by atoms with van der Waals surface area (Å²) in [5.41, 5.74) is 0.491. The van der Waals surface area contributed by atoms with Gasteiger partial charge in [0.1, 0.15) is 11.6 Å². The molecule has 7 nitrogen and oxygen atoms in total. The number of anilines is 1. The molecule has 1 atom stereocenters. The fourth-order valence-electron chi connectivity index (χ4n) is 2.57. The van der Waals surface area contributed by atoms with Gasteiger partial charge >= 0.3 is 0 Å². The number of nitrogens with one attached hydrogen (secondary N) is 1. The zero-order chi connectivity index (χ0) is 18.6. The first-order chi connectivity index (χ1) is 11.8. The summed E-state index contributed by atoms with van der Waals surface area (Å²) in [4.78, 5) is 16.4. The molecule has 0 amide bonds. The largest absolute Gasteiger partial charge is 0.755 e. The Kier molecular flexibility index (Phi) is 6.40. The maximum absolute atomic E-state index is 14.5. The van der Waals surface area contributed by atoms with Gasteiger partial charge < -0.3 is 9.87 Å². The first-order valence-electron chi connectivity index (χ1n) is 7.74. The van der Waals surface area contributed by atoms with E-state index in [0.717, 1.165) is 10.4 Å². The Labute approximate surface area is 147 Å². The molecule has 2 aromatic rings. The molecular formula is C16H20FN4O3S-. The second-order valence-corrected chi connectivity index (χ2v) is 6.41. The molecule has 1 heterocycles. The van der Waals surface area contributed by atoms with Crippen LogP contribution in [0.2, 0.25) is 0 Å². The number of aromatic nitrogens is 2. The van der Waals surface area contributed by atoms with E-state index < -0.39 is 17.1 Å². The van der Waals surface area contributed by atoms with E-state index in [9.17, 15) is 17.9 Å². The fourth-order valence-corrected chi connectivity index (χ4v) is 3.15. The van der Waals surface area contributed by atoms with Crippen molar-refractivity contribution >= 4 is 17.0 Å². The zero-order valence-electron chi connectivity index (χ0n) is 14.3. The number of halogens is 1. The van der Waals surface area contributed by atoms with Crippen molar-refractivity contribution in [3.05, 3.63) is 52.0 Å². The standard InChI is InChI=1S/C16H21FN4O3S/c1-11-9-16(22)21(12(2)19-11)13-5-6-15(14(17)10-13)20(25(23)24)8-4-7-18-3/h5-6,9-10,18H,4,7-8H2,1-3H3,(H,23,24)/p-1.